The summed E-state index contributed by atoms with van der Waals surface area (Å²) in [6.45, 7) is 1.91. The smallest absolute Gasteiger partial charge is 0.351 e. The second-order valence-electron chi connectivity index (χ2n) is 6.76. The molecule has 2 aromatic heterocycles. The molecule has 0 bridgehead atoms. The lowest BCUT2D eigenvalue weighted by Crippen LogP contribution is -2.42. The highest BCUT2D eigenvalue weighted by atomic mass is 16.6. The summed E-state index contributed by atoms with van der Waals surface area (Å²) in [5.41, 5.74) is 1.15. The van der Waals surface area contributed by atoms with Gasteiger partial charge in [-0.1, -0.05) is 17.3 Å². The van der Waals surface area contributed by atoms with Crippen LogP contribution in [0.2, 0.25) is 0 Å². The van der Waals surface area contributed by atoms with Crippen LogP contribution in [0.3, 0.4) is 0 Å². The maximum Gasteiger partial charge on any atom is 0.355 e. The molecule has 0 N–H and O–H groups in total. The van der Waals surface area contributed by atoms with Gasteiger partial charge in [-0.05, 0) is 45.1 Å². The van der Waals surface area contributed by atoms with Crippen molar-refractivity contribution in [2.24, 2.45) is 0 Å². The van der Waals surface area contributed by atoms with Gasteiger partial charge in [0.25, 0.3) is 0 Å². The molecule has 0 amide bonds. The van der Waals surface area contributed by atoms with E-state index >= 15 is 0 Å². The molecule has 3 heterocycles. The number of hydrogen-bond acceptors (Lipinski definition) is 8. The molecule has 0 unspecified atom stereocenters. The predicted molar refractivity (Wildman–Crippen MR) is 100 cm³/mol. The molecule has 1 saturated heterocycles. The van der Waals surface area contributed by atoms with E-state index in [0.29, 0.717) is 16.9 Å². The summed E-state index contributed by atoms with van der Waals surface area (Å²) in [5.74, 6) is 0.428. The van der Waals surface area contributed by atoms with E-state index in [-0.39, 0.29) is 17.5 Å². The number of nitro groups is 1. The average Bonchev–Trinajstić information content (AvgIpc) is 3.11. The molecule has 10 heteroatoms. The predicted octanol–water partition coefficient (Wildman–Crippen LogP) is 1.65. The number of nitrogens with zero attached hydrogens (tertiary/aromatic N) is 8. The van der Waals surface area contributed by atoms with Crippen LogP contribution in [0.15, 0.2) is 30.6 Å². The minimum Gasteiger partial charge on any atom is -0.351 e. The van der Waals surface area contributed by atoms with Gasteiger partial charge in [0.15, 0.2) is 0 Å². The molecule has 1 fully saturated rings. The molecule has 0 aliphatic carbocycles. The fourth-order valence-corrected chi connectivity index (χ4v) is 3.52. The molecule has 0 saturated carbocycles. The van der Waals surface area contributed by atoms with Gasteiger partial charge in [-0.25, -0.2) is 9.97 Å². The Morgan fingerprint density at radius 2 is 1.96 bits per heavy atom. The van der Waals surface area contributed by atoms with Crippen molar-refractivity contribution in [1.29, 1.82) is 0 Å². The van der Waals surface area contributed by atoms with Gasteiger partial charge >= 0.3 is 5.69 Å². The zero-order chi connectivity index (χ0) is 19.0. The quantitative estimate of drug-likeness (QED) is 0.505. The van der Waals surface area contributed by atoms with E-state index in [1.165, 1.54) is 11.0 Å². The zero-order valence-electron chi connectivity index (χ0n) is 15.2. The fourth-order valence-electron chi connectivity index (χ4n) is 3.52. The lowest BCUT2D eigenvalue weighted by atomic mass is 10.0. The highest BCUT2D eigenvalue weighted by Crippen LogP contribution is 2.33. The van der Waals surface area contributed by atoms with E-state index in [1.54, 1.807) is 6.07 Å². The lowest BCUT2D eigenvalue weighted by molar-refractivity contribution is -0.384. The van der Waals surface area contributed by atoms with Crippen molar-refractivity contribution in [2.45, 2.75) is 18.9 Å². The van der Waals surface area contributed by atoms with Gasteiger partial charge in [-0.3, -0.25) is 10.1 Å². The average molecular weight is 368 g/mol. The Bertz CT molecular complexity index is 980. The summed E-state index contributed by atoms with van der Waals surface area (Å²) in [7, 11) is 3.94. The Morgan fingerprint density at radius 3 is 2.70 bits per heavy atom. The highest BCUT2D eigenvalue weighted by Gasteiger charge is 2.31. The molecule has 0 radical (unpaired) electrons. The second kappa shape index (κ2) is 6.88. The van der Waals surface area contributed by atoms with Crippen molar-refractivity contribution in [3.05, 3.63) is 40.7 Å². The second-order valence-corrected chi connectivity index (χ2v) is 6.76. The Hall–Kier alpha value is -3.14. The van der Waals surface area contributed by atoms with Crippen molar-refractivity contribution in [2.75, 3.05) is 32.1 Å². The molecule has 1 aliphatic rings. The Labute approximate surface area is 155 Å². The highest BCUT2D eigenvalue weighted by molar-refractivity contribution is 5.77. The van der Waals surface area contributed by atoms with Crippen LogP contribution in [0, 0.1) is 10.1 Å². The molecule has 0 atom stereocenters. The normalized spacial score (nSPS) is 15.9. The van der Waals surface area contributed by atoms with Gasteiger partial charge in [-0.2, -0.15) is 4.68 Å². The van der Waals surface area contributed by atoms with Crippen LogP contribution < -0.4 is 4.90 Å². The standard InChI is InChI=1S/C17H20N8O2/c1-22-9-7-12(8-10-22)23(2)16-15(25(26)27)17(19-11-18-16)24-14-6-4-3-5-13(14)20-21-24/h3-6,11-12H,7-10H2,1-2H3. The topological polar surface area (TPSA) is 106 Å². The third-order valence-corrected chi connectivity index (χ3v) is 5.09. The van der Waals surface area contributed by atoms with Crippen LogP contribution in [0.4, 0.5) is 11.5 Å². The van der Waals surface area contributed by atoms with Crippen molar-refractivity contribution < 1.29 is 4.92 Å². The summed E-state index contributed by atoms with van der Waals surface area (Å²) in [5, 5.41) is 20.1. The van der Waals surface area contributed by atoms with E-state index in [2.05, 4.69) is 32.2 Å². The van der Waals surface area contributed by atoms with E-state index in [4.69, 9.17) is 0 Å². The first kappa shape index (κ1) is 17.3. The number of benzene rings is 1. The van der Waals surface area contributed by atoms with Gasteiger partial charge in [0.1, 0.15) is 11.8 Å². The number of fused-ring (bicyclic) bond motifs is 1. The first-order chi connectivity index (χ1) is 13.1. The number of aromatic nitrogens is 5. The molecule has 1 aliphatic heterocycles. The maximum absolute atomic E-state index is 11.9. The molecule has 3 aromatic rings. The number of para-hydroxylation sites is 1. The first-order valence-electron chi connectivity index (χ1n) is 8.78. The molecular weight excluding hydrogens is 348 g/mol. The molecule has 140 valence electrons. The number of hydrogen-bond donors (Lipinski definition) is 0. The van der Waals surface area contributed by atoms with Crippen molar-refractivity contribution in [3.63, 3.8) is 0 Å². The van der Waals surface area contributed by atoms with Gasteiger partial charge < -0.3 is 9.80 Å². The van der Waals surface area contributed by atoms with Crippen LogP contribution >= 0.6 is 0 Å². The maximum atomic E-state index is 11.9. The SMILES string of the molecule is CN1CCC(N(C)c2ncnc(-n3nnc4ccccc43)c2[N+](=O)[O-])CC1. The number of likely N-dealkylation sites (tertiary alicyclic amines) is 1. The minimum atomic E-state index is -0.438. The number of rotatable bonds is 4. The molecule has 10 nitrogen and oxygen atoms in total. The van der Waals surface area contributed by atoms with Crippen LogP contribution in [0.25, 0.3) is 16.9 Å². The van der Waals surface area contributed by atoms with Crippen LogP contribution in [-0.4, -0.2) is 68.0 Å². The van der Waals surface area contributed by atoms with Gasteiger partial charge in [-0.15, -0.1) is 5.10 Å². The van der Waals surface area contributed by atoms with Crippen molar-refractivity contribution in [1.82, 2.24) is 29.9 Å². The summed E-state index contributed by atoms with van der Waals surface area (Å²) in [4.78, 5) is 24.1. The van der Waals surface area contributed by atoms with E-state index < -0.39 is 4.92 Å². The van der Waals surface area contributed by atoms with Crippen LogP contribution in [0.5, 0.6) is 0 Å². The lowest BCUT2D eigenvalue weighted by Gasteiger charge is -2.35. The zero-order valence-corrected chi connectivity index (χ0v) is 15.2. The summed E-state index contributed by atoms with van der Waals surface area (Å²) >= 11 is 0. The van der Waals surface area contributed by atoms with Gasteiger partial charge in [0, 0.05) is 13.1 Å². The molecule has 27 heavy (non-hydrogen) atoms. The summed E-state index contributed by atoms with van der Waals surface area (Å²) in [6.07, 6.45) is 3.20. The van der Waals surface area contributed by atoms with Crippen molar-refractivity contribution >= 4 is 22.5 Å². The van der Waals surface area contributed by atoms with E-state index in [9.17, 15) is 10.1 Å². The molecular formula is C17H20N8O2. The largest absolute Gasteiger partial charge is 0.355 e. The Morgan fingerprint density at radius 1 is 1.22 bits per heavy atom. The first-order valence-corrected chi connectivity index (χ1v) is 8.78. The summed E-state index contributed by atoms with van der Waals surface area (Å²) < 4.78 is 1.40. The van der Waals surface area contributed by atoms with Gasteiger partial charge in [0.05, 0.1) is 10.4 Å². The van der Waals surface area contributed by atoms with E-state index in [0.717, 1.165) is 25.9 Å². The van der Waals surface area contributed by atoms with Gasteiger partial charge in [0.2, 0.25) is 11.6 Å². The molecule has 1 aromatic carbocycles. The van der Waals surface area contributed by atoms with Crippen LogP contribution in [0.1, 0.15) is 12.8 Å². The van der Waals surface area contributed by atoms with Crippen LogP contribution in [-0.2, 0) is 0 Å². The minimum absolute atomic E-state index is 0.124. The fraction of sp³-hybridized carbons (Fsp3) is 0.412. The van der Waals surface area contributed by atoms with Crippen molar-refractivity contribution in [3.8, 4) is 5.82 Å². The number of piperidine rings is 1. The molecule has 4 rings (SSSR count). The third kappa shape index (κ3) is 3.08. The molecule has 0 spiro atoms. The number of anilines is 1. The monoisotopic (exact) mass is 368 g/mol. The summed E-state index contributed by atoms with van der Waals surface area (Å²) in [6, 6.07) is 7.48. The Balaban J connectivity index is 1.80. The third-order valence-electron chi connectivity index (χ3n) is 5.09. The van der Waals surface area contributed by atoms with E-state index in [1.807, 2.05) is 30.1 Å². The Kier molecular flexibility index (Phi) is 4.40.